The van der Waals surface area contributed by atoms with E-state index >= 15 is 0 Å². The van der Waals surface area contributed by atoms with Gasteiger partial charge in [-0.1, -0.05) is 46.3 Å². The monoisotopic (exact) mass is 518 g/mol. The lowest BCUT2D eigenvalue weighted by Crippen LogP contribution is -2.68. The molecule has 4 rings (SSSR count). The Morgan fingerprint density at radius 3 is 2.32 bits per heavy atom. The second-order valence-electron chi connectivity index (χ2n) is 15.0. The number of aliphatic hydroxyl groups is 3. The molecule has 4 saturated carbocycles. The number of fused-ring (bicyclic) bond motifs is 5. The van der Waals surface area contributed by atoms with E-state index in [0.29, 0.717) is 11.8 Å². The van der Waals surface area contributed by atoms with Crippen LogP contribution in [-0.4, -0.2) is 45.7 Å². The third-order valence-corrected chi connectivity index (χ3v) is 12.7. The number of hydrogen-bond donors (Lipinski definition) is 3. The zero-order valence-electron chi connectivity index (χ0n) is 24.8. The highest BCUT2D eigenvalue weighted by molar-refractivity contribution is 5.66. The summed E-state index contributed by atoms with van der Waals surface area (Å²) in [5.74, 6) is 1.08. The van der Waals surface area contributed by atoms with Crippen molar-refractivity contribution in [2.75, 3.05) is 6.61 Å². The maximum absolute atomic E-state index is 11.9. The van der Waals surface area contributed by atoms with E-state index in [-0.39, 0.29) is 52.2 Å². The Bertz CT molecular complexity index is 907. The summed E-state index contributed by atoms with van der Waals surface area (Å²) in [4.78, 5) is 11.9. The van der Waals surface area contributed by atoms with Gasteiger partial charge in [0.25, 0.3) is 0 Å². The van der Waals surface area contributed by atoms with E-state index in [9.17, 15) is 20.1 Å². The van der Waals surface area contributed by atoms with Crippen molar-refractivity contribution < 1.29 is 24.9 Å². The Labute approximate surface area is 225 Å². The average molecular weight is 519 g/mol. The van der Waals surface area contributed by atoms with Crippen LogP contribution in [0.4, 0.5) is 0 Å². The Morgan fingerprint density at radius 1 is 1.03 bits per heavy atom. The van der Waals surface area contributed by atoms with Gasteiger partial charge in [0, 0.05) is 12.3 Å². The molecular weight excluding hydrogens is 464 g/mol. The molecule has 3 N–H and O–H groups in total. The first-order valence-corrected chi connectivity index (χ1v) is 14.9. The Morgan fingerprint density at radius 2 is 1.70 bits per heavy atom. The van der Waals surface area contributed by atoms with Crippen LogP contribution in [0.3, 0.4) is 0 Å². The van der Waals surface area contributed by atoms with Gasteiger partial charge in [-0.2, -0.15) is 0 Å². The van der Waals surface area contributed by atoms with Crippen molar-refractivity contribution in [1.82, 2.24) is 0 Å². The first-order chi connectivity index (χ1) is 17.0. The van der Waals surface area contributed by atoms with E-state index in [0.717, 1.165) is 63.4 Å². The minimum absolute atomic E-state index is 0.00312. The Kier molecular flexibility index (Phi) is 7.57. The average Bonchev–Trinajstić information content (AvgIpc) is 3.14. The van der Waals surface area contributed by atoms with Crippen LogP contribution in [0.2, 0.25) is 0 Å². The number of rotatable bonds is 6. The van der Waals surface area contributed by atoms with Gasteiger partial charge in [0.05, 0.1) is 18.3 Å². The predicted molar refractivity (Wildman–Crippen MR) is 147 cm³/mol. The van der Waals surface area contributed by atoms with Crippen LogP contribution in [0.25, 0.3) is 0 Å². The molecule has 10 atom stereocenters. The van der Waals surface area contributed by atoms with E-state index in [1.54, 1.807) is 0 Å². The molecule has 0 saturated heterocycles. The van der Waals surface area contributed by atoms with Crippen LogP contribution >= 0.6 is 0 Å². The van der Waals surface area contributed by atoms with Crippen molar-refractivity contribution in [3.63, 3.8) is 0 Å². The smallest absolute Gasteiger partial charge is 0.302 e. The lowest BCUT2D eigenvalue weighted by molar-refractivity contribution is -0.261. The molecule has 5 nitrogen and oxygen atoms in total. The highest BCUT2D eigenvalue weighted by Gasteiger charge is 2.71. The van der Waals surface area contributed by atoms with Crippen molar-refractivity contribution in [2.24, 2.45) is 45.3 Å². The summed E-state index contributed by atoms with van der Waals surface area (Å²) in [6.07, 6.45) is 10.0. The third kappa shape index (κ3) is 4.43. The number of allylic oxidation sites excluding steroid dienone is 1. The molecule has 5 heteroatoms. The molecule has 0 amide bonds. The molecule has 212 valence electrons. The first-order valence-electron chi connectivity index (χ1n) is 14.9. The van der Waals surface area contributed by atoms with Crippen LogP contribution in [0.1, 0.15) is 113 Å². The highest BCUT2D eigenvalue weighted by atomic mass is 16.5. The van der Waals surface area contributed by atoms with Gasteiger partial charge < -0.3 is 20.1 Å². The summed E-state index contributed by atoms with van der Waals surface area (Å²) in [7, 11) is 0. The van der Waals surface area contributed by atoms with Crippen LogP contribution in [0.5, 0.6) is 0 Å². The zero-order valence-corrected chi connectivity index (χ0v) is 24.8. The summed E-state index contributed by atoms with van der Waals surface area (Å²) in [5.41, 5.74) is 0.0240. The number of carbonyl (C=O) groups is 1. The van der Waals surface area contributed by atoms with Gasteiger partial charge in [-0.25, -0.2) is 0 Å². The molecule has 0 aromatic heterocycles. The van der Waals surface area contributed by atoms with Gasteiger partial charge in [-0.05, 0) is 112 Å². The Balaban J connectivity index is 1.62. The molecule has 0 aromatic rings. The fourth-order valence-electron chi connectivity index (χ4n) is 10.9. The molecule has 0 aromatic carbocycles. The lowest BCUT2D eigenvalue weighted by Gasteiger charge is -2.71. The van der Waals surface area contributed by atoms with Crippen LogP contribution in [0, 0.1) is 45.3 Å². The maximum atomic E-state index is 11.9. The fourth-order valence-corrected chi connectivity index (χ4v) is 10.9. The van der Waals surface area contributed by atoms with Gasteiger partial charge in [0.1, 0.15) is 6.10 Å². The highest BCUT2D eigenvalue weighted by Crippen LogP contribution is 2.75. The second kappa shape index (κ2) is 9.63. The van der Waals surface area contributed by atoms with Gasteiger partial charge in [0.15, 0.2) is 0 Å². The zero-order chi connectivity index (χ0) is 27.6. The Hall–Kier alpha value is -0.910. The van der Waals surface area contributed by atoms with Gasteiger partial charge >= 0.3 is 5.97 Å². The SMILES string of the molecule is CC(=O)O[C@H]1CC[C@@]2(C)[C@H]([C@@H](O)C[C@]3(C)[C@@H]2CC[C@H]2[C@@H]([C@@](C)(O)CCC=C(C)CO)CC[C@@]23C)C1(C)C. The summed E-state index contributed by atoms with van der Waals surface area (Å²) in [6, 6.07) is 0. The number of hydrogen-bond acceptors (Lipinski definition) is 5. The molecule has 4 aliphatic carbocycles. The standard InChI is InChI=1S/C32H54O5/c1-20(19-33)10-9-15-32(8,36)23-13-17-30(6)22(23)11-12-25-29(5)16-14-26(37-21(2)34)28(3,4)27(29)24(35)18-31(25,30)7/h10,22-27,33,35-36H,9,11-19H2,1-8H3/t22-,23-,24-,25+,26-,27+,29+,30-,31+,32-/m0/s1. The summed E-state index contributed by atoms with van der Waals surface area (Å²) in [5, 5.41) is 32.9. The predicted octanol–water partition coefficient (Wildman–Crippen LogP) is 6.04. The van der Waals surface area contributed by atoms with E-state index in [1.807, 2.05) is 13.8 Å². The molecule has 0 radical (unpaired) electrons. The van der Waals surface area contributed by atoms with Crippen molar-refractivity contribution in [3.8, 4) is 0 Å². The largest absolute Gasteiger partial charge is 0.462 e. The normalized spacial score (nSPS) is 46.8. The van der Waals surface area contributed by atoms with Crippen molar-refractivity contribution in [1.29, 1.82) is 0 Å². The van der Waals surface area contributed by atoms with Crippen LogP contribution < -0.4 is 0 Å². The quantitative estimate of drug-likeness (QED) is 0.295. The number of esters is 1. The molecular formula is C32H54O5. The topological polar surface area (TPSA) is 87.0 Å². The van der Waals surface area contributed by atoms with E-state index in [1.165, 1.54) is 6.92 Å². The van der Waals surface area contributed by atoms with Crippen molar-refractivity contribution in [2.45, 2.75) is 131 Å². The fraction of sp³-hybridized carbons (Fsp3) is 0.906. The van der Waals surface area contributed by atoms with Gasteiger partial charge in [-0.15, -0.1) is 0 Å². The molecule has 0 unspecified atom stereocenters. The summed E-state index contributed by atoms with van der Waals surface area (Å²) < 4.78 is 5.81. The van der Waals surface area contributed by atoms with Crippen LogP contribution in [0.15, 0.2) is 11.6 Å². The molecule has 37 heavy (non-hydrogen) atoms. The van der Waals surface area contributed by atoms with Gasteiger partial charge in [0.2, 0.25) is 0 Å². The number of ether oxygens (including phenoxy) is 1. The third-order valence-electron chi connectivity index (χ3n) is 12.7. The molecule has 0 spiro atoms. The molecule has 0 heterocycles. The number of carbonyl (C=O) groups excluding carboxylic acids is 1. The van der Waals surface area contributed by atoms with E-state index in [2.05, 4.69) is 40.7 Å². The van der Waals surface area contributed by atoms with Crippen molar-refractivity contribution in [3.05, 3.63) is 11.6 Å². The van der Waals surface area contributed by atoms with Gasteiger partial charge in [-0.3, -0.25) is 4.79 Å². The molecule has 0 bridgehead atoms. The maximum Gasteiger partial charge on any atom is 0.302 e. The molecule has 4 aliphatic rings. The summed E-state index contributed by atoms with van der Waals surface area (Å²) >= 11 is 0. The number of aliphatic hydroxyl groups excluding tert-OH is 2. The lowest BCUT2D eigenvalue weighted by atomic mass is 9.35. The second-order valence-corrected chi connectivity index (χ2v) is 15.0. The summed E-state index contributed by atoms with van der Waals surface area (Å²) in [6.45, 7) is 17.3. The first kappa shape index (κ1) is 29.1. The molecule has 0 aliphatic heterocycles. The minimum atomic E-state index is -0.734. The van der Waals surface area contributed by atoms with Crippen molar-refractivity contribution >= 4 is 5.97 Å². The van der Waals surface area contributed by atoms with Crippen LogP contribution in [-0.2, 0) is 9.53 Å². The molecule has 4 fully saturated rings. The minimum Gasteiger partial charge on any atom is -0.462 e. The van der Waals surface area contributed by atoms with E-state index < -0.39 is 11.7 Å². The van der Waals surface area contributed by atoms with E-state index in [4.69, 9.17) is 4.74 Å².